The van der Waals surface area contributed by atoms with Crippen molar-refractivity contribution in [3.63, 3.8) is 0 Å². The van der Waals surface area contributed by atoms with E-state index in [0.717, 1.165) is 24.8 Å². The van der Waals surface area contributed by atoms with Gasteiger partial charge in [0.05, 0.1) is 25.9 Å². The molecular weight excluding hydrogens is 479 g/mol. The molecule has 1 N–H and O–H groups in total. The van der Waals surface area contributed by atoms with Gasteiger partial charge in [0.1, 0.15) is 5.82 Å². The molecule has 0 unspecified atom stereocenters. The molecule has 1 aliphatic carbocycles. The minimum atomic E-state index is -0.750. The second kappa shape index (κ2) is 12.1. The van der Waals surface area contributed by atoms with Crippen LogP contribution in [0.15, 0.2) is 91.0 Å². The minimum absolute atomic E-state index is 0.0742. The molecule has 2 fully saturated rings. The highest BCUT2D eigenvalue weighted by Gasteiger charge is 2.59. The van der Waals surface area contributed by atoms with Gasteiger partial charge < -0.3 is 14.6 Å². The average molecular weight is 515 g/mol. The van der Waals surface area contributed by atoms with Crippen molar-refractivity contribution in [2.75, 3.05) is 13.2 Å². The first-order chi connectivity index (χ1) is 18.5. The normalized spacial score (nSPS) is 24.3. The van der Waals surface area contributed by atoms with Crippen molar-refractivity contribution >= 4 is 5.97 Å². The smallest absolute Gasteiger partial charge is 0.303 e. The summed E-state index contributed by atoms with van der Waals surface area (Å²) < 4.78 is 25.8. The Morgan fingerprint density at radius 1 is 1.00 bits per heavy atom. The van der Waals surface area contributed by atoms with Crippen LogP contribution < -0.4 is 0 Å². The Hall–Kier alpha value is -3.28. The van der Waals surface area contributed by atoms with Gasteiger partial charge in [-0.25, -0.2) is 4.39 Å². The Morgan fingerprint density at radius 3 is 2.47 bits per heavy atom. The summed E-state index contributed by atoms with van der Waals surface area (Å²) in [7, 11) is 0. The Kier molecular flexibility index (Phi) is 8.35. The number of carboxylic acids is 1. The van der Waals surface area contributed by atoms with Crippen molar-refractivity contribution in [2.24, 2.45) is 11.8 Å². The van der Waals surface area contributed by atoms with Gasteiger partial charge in [0, 0.05) is 17.8 Å². The lowest BCUT2D eigenvalue weighted by molar-refractivity contribution is -0.137. The molecule has 1 saturated heterocycles. The van der Waals surface area contributed by atoms with Gasteiger partial charge in [0.25, 0.3) is 0 Å². The van der Waals surface area contributed by atoms with Crippen LogP contribution in [-0.2, 0) is 26.3 Å². The summed E-state index contributed by atoms with van der Waals surface area (Å²) in [6, 6.07) is 25.8. The fourth-order valence-corrected chi connectivity index (χ4v) is 6.22. The zero-order valence-electron chi connectivity index (χ0n) is 21.6. The van der Waals surface area contributed by atoms with E-state index in [2.05, 4.69) is 60.7 Å². The number of rotatable bonds is 12. The third kappa shape index (κ3) is 5.90. The molecular formula is C33H35FO4. The first-order valence-electron chi connectivity index (χ1n) is 13.5. The molecule has 0 spiro atoms. The third-order valence-electron chi connectivity index (χ3n) is 8.20. The molecule has 1 aliphatic heterocycles. The first-order valence-corrected chi connectivity index (χ1v) is 13.5. The van der Waals surface area contributed by atoms with Crippen molar-refractivity contribution in [3.8, 4) is 11.1 Å². The molecule has 3 aromatic carbocycles. The van der Waals surface area contributed by atoms with Gasteiger partial charge in [0.15, 0.2) is 0 Å². The van der Waals surface area contributed by atoms with E-state index in [1.54, 1.807) is 12.1 Å². The molecule has 5 heteroatoms. The molecule has 2 bridgehead atoms. The quantitative estimate of drug-likeness (QED) is 0.205. The summed E-state index contributed by atoms with van der Waals surface area (Å²) in [6.45, 7) is 1.73. The third-order valence-corrected chi connectivity index (χ3v) is 8.20. The molecule has 4 nitrogen and oxygen atoms in total. The minimum Gasteiger partial charge on any atom is -0.481 e. The van der Waals surface area contributed by atoms with E-state index in [4.69, 9.17) is 14.6 Å². The van der Waals surface area contributed by atoms with Gasteiger partial charge in [-0.1, -0.05) is 78.9 Å². The molecule has 2 aliphatic rings. The SMILES string of the molecule is O=C(O)CCCC=CC[C@H]1[C@H](COCc2ccc(F)cc2)[C@@H]2C[C@@]1(c1ccc(-c3ccccc3)cc1)CO2. The van der Waals surface area contributed by atoms with E-state index in [0.29, 0.717) is 32.2 Å². The predicted molar refractivity (Wildman–Crippen MR) is 146 cm³/mol. The summed E-state index contributed by atoms with van der Waals surface area (Å²) in [5.74, 6) is -0.389. The van der Waals surface area contributed by atoms with Gasteiger partial charge in [-0.05, 0) is 66.0 Å². The van der Waals surface area contributed by atoms with Crippen LogP contribution in [0.2, 0.25) is 0 Å². The Labute approximate surface area is 224 Å². The molecule has 1 heterocycles. The highest BCUT2D eigenvalue weighted by Crippen LogP contribution is 2.56. The molecule has 0 amide bonds. The lowest BCUT2D eigenvalue weighted by Gasteiger charge is -2.39. The number of ether oxygens (including phenoxy) is 2. The predicted octanol–water partition coefficient (Wildman–Crippen LogP) is 7.18. The lowest BCUT2D eigenvalue weighted by atomic mass is 9.69. The molecule has 3 aromatic rings. The van der Waals surface area contributed by atoms with Crippen LogP contribution >= 0.6 is 0 Å². The number of carboxylic acid groups (broad SMARTS) is 1. The summed E-state index contributed by atoms with van der Waals surface area (Å²) in [5.41, 5.74) is 4.60. The van der Waals surface area contributed by atoms with Crippen LogP contribution in [0, 0.1) is 17.7 Å². The van der Waals surface area contributed by atoms with E-state index in [1.807, 2.05) is 6.07 Å². The van der Waals surface area contributed by atoms with Crippen LogP contribution in [-0.4, -0.2) is 30.4 Å². The fraction of sp³-hybridized carbons (Fsp3) is 0.364. The van der Waals surface area contributed by atoms with Crippen LogP contribution in [0.25, 0.3) is 11.1 Å². The second-order valence-corrected chi connectivity index (χ2v) is 10.6. The highest BCUT2D eigenvalue weighted by atomic mass is 19.1. The van der Waals surface area contributed by atoms with Crippen molar-refractivity contribution in [3.05, 3.63) is 108 Å². The topological polar surface area (TPSA) is 55.8 Å². The number of halogens is 1. The molecule has 0 aromatic heterocycles. The molecule has 198 valence electrons. The zero-order valence-corrected chi connectivity index (χ0v) is 21.6. The van der Waals surface area contributed by atoms with Crippen molar-refractivity contribution in [1.29, 1.82) is 0 Å². The summed E-state index contributed by atoms with van der Waals surface area (Å²) in [6.07, 6.45) is 7.97. The second-order valence-electron chi connectivity index (χ2n) is 10.6. The number of hydrogen-bond donors (Lipinski definition) is 1. The maximum Gasteiger partial charge on any atom is 0.303 e. The van der Waals surface area contributed by atoms with E-state index < -0.39 is 5.97 Å². The summed E-state index contributed by atoms with van der Waals surface area (Å²) >= 11 is 0. The number of benzene rings is 3. The molecule has 0 radical (unpaired) electrons. The van der Waals surface area contributed by atoms with Crippen molar-refractivity contribution in [1.82, 2.24) is 0 Å². The number of fused-ring (bicyclic) bond motifs is 2. The maximum atomic E-state index is 13.3. The van der Waals surface area contributed by atoms with E-state index in [-0.39, 0.29) is 29.7 Å². The van der Waals surface area contributed by atoms with Crippen LogP contribution in [0.4, 0.5) is 4.39 Å². The Bertz CT molecular complexity index is 1220. The maximum absolute atomic E-state index is 13.3. The molecule has 5 rings (SSSR count). The summed E-state index contributed by atoms with van der Waals surface area (Å²) in [4.78, 5) is 10.8. The first kappa shape index (κ1) is 26.3. The van der Waals surface area contributed by atoms with Gasteiger partial charge in [-0.15, -0.1) is 0 Å². The monoisotopic (exact) mass is 514 g/mol. The van der Waals surface area contributed by atoms with Gasteiger partial charge in [-0.2, -0.15) is 0 Å². The van der Waals surface area contributed by atoms with Gasteiger partial charge in [0.2, 0.25) is 0 Å². The molecule has 1 saturated carbocycles. The number of carbonyl (C=O) groups is 1. The largest absolute Gasteiger partial charge is 0.481 e. The van der Waals surface area contributed by atoms with Crippen molar-refractivity contribution in [2.45, 2.75) is 50.2 Å². The van der Waals surface area contributed by atoms with Crippen LogP contribution in [0.3, 0.4) is 0 Å². The Morgan fingerprint density at radius 2 is 1.74 bits per heavy atom. The van der Waals surface area contributed by atoms with Crippen LogP contribution in [0.1, 0.15) is 43.2 Å². The zero-order chi connectivity index (χ0) is 26.4. The summed E-state index contributed by atoms with van der Waals surface area (Å²) in [5, 5.41) is 8.91. The fourth-order valence-electron chi connectivity index (χ4n) is 6.22. The van der Waals surface area contributed by atoms with Gasteiger partial charge >= 0.3 is 5.97 Å². The highest BCUT2D eigenvalue weighted by molar-refractivity contribution is 5.66. The van der Waals surface area contributed by atoms with E-state index in [1.165, 1.54) is 28.8 Å². The number of unbranched alkanes of at least 4 members (excludes halogenated alkanes) is 1. The average Bonchev–Trinajstić information content (AvgIpc) is 3.51. The van der Waals surface area contributed by atoms with Crippen molar-refractivity contribution < 1.29 is 23.8 Å². The Balaban J connectivity index is 1.32. The molecule has 4 atom stereocenters. The lowest BCUT2D eigenvalue weighted by Crippen LogP contribution is -2.41. The number of aliphatic carboxylic acids is 1. The van der Waals surface area contributed by atoms with Gasteiger partial charge in [-0.3, -0.25) is 4.79 Å². The number of hydrogen-bond acceptors (Lipinski definition) is 3. The standard InChI is InChI=1S/C33H35FO4/c34-28-18-12-24(13-19-28)21-37-22-29-30(10-6-1-2-7-11-32(35)36)33(20-31(29)38-23-33)27-16-14-26(15-17-27)25-8-4-3-5-9-25/h1,3-6,8-9,12-19,29-31H,2,7,10-11,20-23H2,(H,35,36)/t29-,30-,31-,33-/m0/s1. The molecule has 38 heavy (non-hydrogen) atoms. The number of allylic oxidation sites excluding steroid dienone is 2. The van der Waals surface area contributed by atoms with E-state index >= 15 is 0 Å². The van der Waals surface area contributed by atoms with Crippen LogP contribution in [0.5, 0.6) is 0 Å². The van der Waals surface area contributed by atoms with E-state index in [9.17, 15) is 9.18 Å².